The van der Waals surface area contributed by atoms with E-state index in [-0.39, 0.29) is 0 Å². The summed E-state index contributed by atoms with van der Waals surface area (Å²) in [7, 11) is 0.144. The molecule has 0 aliphatic carbocycles. The van der Waals surface area contributed by atoms with Crippen LogP contribution >= 0.6 is 0 Å². The Hall–Kier alpha value is -0.773. The van der Waals surface area contributed by atoms with E-state index < -0.39 is 14.2 Å². The van der Waals surface area contributed by atoms with Crippen molar-refractivity contribution in [2.75, 3.05) is 13.7 Å². The van der Waals surface area contributed by atoms with Crippen LogP contribution < -0.4 is 0 Å². The van der Waals surface area contributed by atoms with E-state index in [1.165, 1.54) is 7.11 Å². The molecule has 0 atom stereocenters. The Morgan fingerprint density at radius 3 is 2.42 bits per heavy atom. The van der Waals surface area contributed by atoms with Crippen LogP contribution in [0.15, 0.2) is 11.8 Å². The van der Waals surface area contributed by atoms with Gasteiger partial charge in [0.15, 0.2) is 0 Å². The molecule has 0 N–H and O–H groups in total. The first-order valence-corrected chi connectivity index (χ1v) is 7.42. The van der Waals surface area contributed by atoms with Gasteiger partial charge in [-0.15, -0.1) is 0 Å². The van der Waals surface area contributed by atoms with Gasteiger partial charge in [0.25, 0.3) is 0 Å². The molecule has 0 spiro atoms. The lowest BCUT2D eigenvalue weighted by Crippen LogP contribution is -2.16. The maximum atomic E-state index is 10.5. The molecular formula is C8H16O3Si. The number of hydrogen-bond donors (Lipinski definition) is 0. The van der Waals surface area contributed by atoms with Crippen LogP contribution in [-0.4, -0.2) is 27.9 Å². The number of carbonyl (C=O) groups excluding carboxylic acids is 1. The quantitative estimate of drug-likeness (QED) is 0.503. The van der Waals surface area contributed by atoms with Crippen LogP contribution in [-0.2, 0) is 9.47 Å². The van der Waals surface area contributed by atoms with Gasteiger partial charge < -0.3 is 9.47 Å². The summed E-state index contributed by atoms with van der Waals surface area (Å²) in [4.78, 5) is 10.5. The predicted octanol–water partition coefficient (Wildman–Crippen LogP) is 2.20. The van der Waals surface area contributed by atoms with Gasteiger partial charge in [0.2, 0.25) is 0 Å². The molecule has 0 aromatic rings. The van der Waals surface area contributed by atoms with Crippen molar-refractivity contribution in [2.24, 2.45) is 0 Å². The zero-order chi connectivity index (χ0) is 9.61. The van der Waals surface area contributed by atoms with Gasteiger partial charge in [0.1, 0.15) is 6.61 Å². The molecule has 0 saturated heterocycles. The number of hydrogen-bond acceptors (Lipinski definition) is 3. The summed E-state index contributed by atoms with van der Waals surface area (Å²) in [5.74, 6) is 0. The summed E-state index contributed by atoms with van der Waals surface area (Å²) in [6.07, 6.45) is 1.23. The first-order chi connectivity index (χ1) is 5.45. The minimum Gasteiger partial charge on any atom is -0.438 e. The Morgan fingerprint density at radius 2 is 2.00 bits per heavy atom. The van der Waals surface area contributed by atoms with Crippen molar-refractivity contribution in [2.45, 2.75) is 19.6 Å². The van der Waals surface area contributed by atoms with Gasteiger partial charge in [-0.3, -0.25) is 0 Å². The highest BCUT2D eigenvalue weighted by molar-refractivity contribution is 6.80. The molecule has 0 aromatic heterocycles. The minimum absolute atomic E-state index is 0.303. The summed E-state index contributed by atoms with van der Waals surface area (Å²) < 4.78 is 8.96. The van der Waals surface area contributed by atoms with E-state index in [0.717, 1.165) is 0 Å². The highest BCUT2D eigenvalue weighted by Crippen LogP contribution is 2.01. The molecule has 0 fully saturated rings. The average Bonchev–Trinajstić information content (AvgIpc) is 1.96. The van der Waals surface area contributed by atoms with Gasteiger partial charge in [-0.1, -0.05) is 31.4 Å². The molecule has 3 nitrogen and oxygen atoms in total. The SMILES string of the molecule is COC(=O)OCC=C[Si](C)(C)C. The Bertz CT molecular complexity index is 170. The molecule has 0 radical (unpaired) electrons. The Morgan fingerprint density at radius 1 is 1.42 bits per heavy atom. The maximum absolute atomic E-state index is 10.5. The van der Waals surface area contributed by atoms with Gasteiger partial charge >= 0.3 is 6.16 Å². The van der Waals surface area contributed by atoms with Gasteiger partial charge in [-0.25, -0.2) is 4.79 Å². The van der Waals surface area contributed by atoms with Gasteiger partial charge in [0, 0.05) is 0 Å². The van der Waals surface area contributed by atoms with E-state index in [1.807, 2.05) is 6.08 Å². The van der Waals surface area contributed by atoms with E-state index in [0.29, 0.717) is 6.61 Å². The zero-order valence-corrected chi connectivity index (χ0v) is 9.09. The van der Waals surface area contributed by atoms with Crippen molar-refractivity contribution in [1.82, 2.24) is 0 Å². The van der Waals surface area contributed by atoms with E-state index in [4.69, 9.17) is 0 Å². The smallest absolute Gasteiger partial charge is 0.438 e. The van der Waals surface area contributed by atoms with Gasteiger partial charge in [-0.2, -0.15) is 0 Å². The molecule has 0 rings (SSSR count). The van der Waals surface area contributed by atoms with Gasteiger partial charge in [-0.05, 0) is 0 Å². The van der Waals surface area contributed by atoms with Crippen molar-refractivity contribution in [3.8, 4) is 0 Å². The minimum atomic E-state index is -1.15. The molecule has 0 aliphatic rings. The lowest BCUT2D eigenvalue weighted by Gasteiger charge is -2.07. The van der Waals surface area contributed by atoms with Crippen LogP contribution in [0.5, 0.6) is 0 Å². The summed E-state index contributed by atoms with van der Waals surface area (Å²) in [5, 5.41) is 0. The topological polar surface area (TPSA) is 35.5 Å². The van der Waals surface area contributed by atoms with Crippen LogP contribution in [0.3, 0.4) is 0 Å². The van der Waals surface area contributed by atoms with E-state index in [9.17, 15) is 4.79 Å². The monoisotopic (exact) mass is 188 g/mol. The number of carbonyl (C=O) groups is 1. The molecule has 0 bridgehead atoms. The standard InChI is InChI=1S/C8H16O3Si/c1-10-8(9)11-6-5-7-12(2,3)4/h5,7H,6H2,1-4H3. The van der Waals surface area contributed by atoms with Crippen LogP contribution in [0.1, 0.15) is 0 Å². The Kier molecular flexibility index (Phi) is 4.66. The molecule has 0 amide bonds. The highest BCUT2D eigenvalue weighted by Gasteiger charge is 2.06. The number of methoxy groups -OCH3 is 1. The van der Waals surface area contributed by atoms with Crippen LogP contribution in [0, 0.1) is 0 Å². The van der Waals surface area contributed by atoms with Crippen LogP contribution in [0.2, 0.25) is 19.6 Å². The average molecular weight is 188 g/mol. The lowest BCUT2D eigenvalue weighted by atomic mass is 10.7. The maximum Gasteiger partial charge on any atom is 0.508 e. The zero-order valence-electron chi connectivity index (χ0n) is 8.09. The van der Waals surface area contributed by atoms with Crippen molar-refractivity contribution in [3.63, 3.8) is 0 Å². The predicted molar refractivity (Wildman–Crippen MR) is 50.8 cm³/mol. The Labute approximate surface area is 74.4 Å². The van der Waals surface area contributed by atoms with Crippen molar-refractivity contribution in [1.29, 1.82) is 0 Å². The summed E-state index contributed by atoms with van der Waals surface area (Å²) in [6.45, 7) is 6.93. The second kappa shape index (κ2) is 4.98. The molecule has 0 heterocycles. The number of ether oxygens (including phenoxy) is 2. The third kappa shape index (κ3) is 7.34. The van der Waals surface area contributed by atoms with Crippen molar-refractivity contribution in [3.05, 3.63) is 11.8 Å². The fraction of sp³-hybridized carbons (Fsp3) is 0.625. The first-order valence-electron chi connectivity index (χ1n) is 3.84. The lowest BCUT2D eigenvalue weighted by molar-refractivity contribution is 0.0818. The highest BCUT2D eigenvalue weighted by atomic mass is 28.3. The molecular weight excluding hydrogens is 172 g/mol. The van der Waals surface area contributed by atoms with Gasteiger partial charge in [0.05, 0.1) is 15.2 Å². The molecule has 12 heavy (non-hydrogen) atoms. The molecule has 70 valence electrons. The van der Waals surface area contributed by atoms with E-state index >= 15 is 0 Å². The van der Waals surface area contributed by atoms with Crippen molar-refractivity contribution < 1.29 is 14.3 Å². The van der Waals surface area contributed by atoms with Crippen LogP contribution in [0.25, 0.3) is 0 Å². The van der Waals surface area contributed by atoms with E-state index in [2.05, 4.69) is 34.8 Å². The largest absolute Gasteiger partial charge is 0.508 e. The fourth-order valence-electron chi connectivity index (χ4n) is 0.577. The Balaban J connectivity index is 3.56. The van der Waals surface area contributed by atoms with Crippen molar-refractivity contribution >= 4 is 14.2 Å². The second-order valence-corrected chi connectivity index (χ2v) is 8.60. The molecule has 4 heteroatoms. The first kappa shape index (κ1) is 11.2. The molecule has 0 unspecified atom stereocenters. The molecule has 0 aromatic carbocycles. The summed E-state index contributed by atoms with van der Waals surface area (Å²) in [6, 6.07) is 0. The summed E-state index contributed by atoms with van der Waals surface area (Å²) >= 11 is 0. The molecule has 0 saturated carbocycles. The summed E-state index contributed by atoms with van der Waals surface area (Å²) in [5.41, 5.74) is 2.12. The molecule has 0 aliphatic heterocycles. The van der Waals surface area contributed by atoms with E-state index in [1.54, 1.807) is 0 Å². The third-order valence-corrected chi connectivity index (χ3v) is 2.32. The van der Waals surface area contributed by atoms with Crippen LogP contribution in [0.4, 0.5) is 4.79 Å². The third-order valence-electron chi connectivity index (χ3n) is 1.08. The second-order valence-electron chi connectivity index (χ2n) is 3.53. The number of rotatable bonds is 3. The fourth-order valence-corrected chi connectivity index (χ4v) is 1.38. The normalized spacial score (nSPS) is 11.7.